The fourth-order valence-electron chi connectivity index (χ4n) is 11.9. The van der Waals surface area contributed by atoms with E-state index in [4.69, 9.17) is 26.3 Å². The van der Waals surface area contributed by atoms with Gasteiger partial charge in [-0.05, 0) is 103 Å². The normalized spacial score (nSPS) is 19.9. The summed E-state index contributed by atoms with van der Waals surface area (Å²) < 4.78 is 23.5. The number of nitrogens with zero attached hydrogens (tertiary/aromatic N) is 8. The number of likely N-dealkylation sites (tertiary alicyclic amines) is 2. The zero-order chi connectivity index (χ0) is 56.2. The average Bonchev–Trinajstić information content (AvgIpc) is 4.12. The number of hydrogen-bond acceptors (Lipinski definition) is 15. The van der Waals surface area contributed by atoms with Crippen LogP contribution in [-0.2, 0) is 20.8 Å². The molecule has 6 heterocycles. The van der Waals surface area contributed by atoms with Gasteiger partial charge in [0.2, 0.25) is 17.7 Å². The minimum absolute atomic E-state index is 0.00806. The summed E-state index contributed by atoms with van der Waals surface area (Å²) in [6, 6.07) is 19.0. The van der Waals surface area contributed by atoms with Crippen molar-refractivity contribution in [2.45, 2.75) is 84.6 Å². The molecule has 0 radical (unpaired) electrons. The molecule has 0 bridgehead atoms. The predicted molar refractivity (Wildman–Crippen MR) is 313 cm³/mol. The summed E-state index contributed by atoms with van der Waals surface area (Å²) in [4.78, 5) is 67.3. The zero-order valence-electron chi connectivity index (χ0n) is 46.5. The summed E-state index contributed by atoms with van der Waals surface area (Å²) in [7, 11) is 0. The Morgan fingerprint density at radius 1 is 0.925 bits per heavy atom. The van der Waals surface area contributed by atoms with Crippen LogP contribution >= 0.6 is 22.9 Å². The Morgan fingerprint density at radius 3 is 2.36 bits per heavy atom. The molecule has 4 aliphatic rings. The summed E-state index contributed by atoms with van der Waals surface area (Å²) >= 11 is 8.54. The second-order valence-electron chi connectivity index (χ2n) is 23.2. The van der Waals surface area contributed by atoms with Crippen molar-refractivity contribution in [2.24, 2.45) is 11.3 Å². The van der Waals surface area contributed by atoms with Crippen LogP contribution in [0, 0.1) is 24.1 Å². The first-order valence-electron chi connectivity index (χ1n) is 28.2. The van der Waals surface area contributed by atoms with Gasteiger partial charge in [0.1, 0.15) is 35.3 Å². The number of phenols is 1. The average molecular weight is 1130 g/mol. The molecular weight excluding hydrogens is 1060 g/mol. The monoisotopic (exact) mass is 1130 g/mol. The van der Waals surface area contributed by atoms with E-state index in [2.05, 4.69) is 52.7 Å². The largest absolute Gasteiger partial charge is 0.508 e. The molecule has 4 atom stereocenters. The van der Waals surface area contributed by atoms with E-state index in [1.165, 1.54) is 11.0 Å². The predicted octanol–water partition coefficient (Wildman–Crippen LogP) is 6.74. The molecule has 10 rings (SSSR count). The molecule has 6 aromatic rings. The number of aromatic nitrogens is 3. The van der Waals surface area contributed by atoms with Gasteiger partial charge in [0.15, 0.2) is 5.82 Å². The number of nitrogens with one attached hydrogen (secondary N) is 3. The molecule has 20 heteroatoms. The number of fused-ring (bicyclic) bond motifs is 2. The number of amides is 3. The number of ether oxygens (including phenoxy) is 1. The van der Waals surface area contributed by atoms with Crippen molar-refractivity contribution >= 4 is 68.2 Å². The highest BCUT2D eigenvalue weighted by Crippen LogP contribution is 2.43. The number of carbonyl (C=O) groups is 3. The minimum atomic E-state index is -0.887. The van der Waals surface area contributed by atoms with E-state index in [0.717, 1.165) is 104 Å². The SMILES string of the molecule is Cc1ncsc1-c1ccc(CCNC(=O)[C@@H]2C[C@H](O)CN2C(=O)[C@@H](NC(=O)CN2CCC(CN3CCN(C[C@@H](C)Oc4nc(N5CCNCC5)c5cc(Cl)c(-c6cc(O)cc7ccccc67)c(F)c5n4)CC3)CC2)C(C)(C)C)cc1. The van der Waals surface area contributed by atoms with Crippen LogP contribution in [0.2, 0.25) is 5.02 Å². The van der Waals surface area contributed by atoms with Gasteiger partial charge in [-0.3, -0.25) is 24.2 Å². The Hall–Kier alpha value is -6.06. The minimum Gasteiger partial charge on any atom is -0.508 e. The van der Waals surface area contributed by atoms with Crippen LogP contribution in [0.4, 0.5) is 10.2 Å². The van der Waals surface area contributed by atoms with Crippen LogP contribution in [-0.4, -0.2) is 185 Å². The molecule has 4 aromatic carbocycles. The molecular formula is C60H75ClFN11O6S. The van der Waals surface area contributed by atoms with Crippen LogP contribution in [0.5, 0.6) is 11.8 Å². The number of aromatic hydroxyl groups is 1. The van der Waals surface area contributed by atoms with E-state index >= 15 is 4.39 Å². The zero-order valence-corrected chi connectivity index (χ0v) is 48.1. The number of aliphatic hydroxyl groups is 1. The molecule has 0 saturated carbocycles. The molecule has 4 aliphatic heterocycles. The Kier molecular flexibility index (Phi) is 17.9. The van der Waals surface area contributed by atoms with Crippen molar-refractivity contribution < 1.29 is 33.7 Å². The van der Waals surface area contributed by atoms with Crippen molar-refractivity contribution in [1.82, 2.24) is 50.5 Å². The maximum absolute atomic E-state index is 17.1. The number of halogens is 2. The van der Waals surface area contributed by atoms with Gasteiger partial charge in [-0.15, -0.1) is 11.3 Å². The molecule has 17 nitrogen and oxygen atoms in total. The third-order valence-corrected chi connectivity index (χ3v) is 17.5. The number of piperazine rings is 2. The van der Waals surface area contributed by atoms with Gasteiger partial charge in [-0.1, -0.05) is 80.9 Å². The fraction of sp³-hybridized carbons (Fsp3) is 0.500. The number of rotatable bonds is 17. The second kappa shape index (κ2) is 25.0. The quantitative estimate of drug-likeness (QED) is 0.0646. The lowest BCUT2D eigenvalue weighted by molar-refractivity contribution is -0.144. The smallest absolute Gasteiger partial charge is 0.319 e. The topological polar surface area (TPSA) is 192 Å². The number of carbonyl (C=O) groups excluding carboxylic acids is 3. The number of aryl methyl sites for hydroxylation is 1. The highest BCUT2D eigenvalue weighted by atomic mass is 35.5. The van der Waals surface area contributed by atoms with Gasteiger partial charge < -0.3 is 45.6 Å². The summed E-state index contributed by atoms with van der Waals surface area (Å²) in [5, 5.41) is 33.0. The van der Waals surface area contributed by atoms with Crippen LogP contribution < -0.4 is 25.6 Å². The van der Waals surface area contributed by atoms with Crippen molar-refractivity contribution in [3.63, 3.8) is 0 Å². The van der Waals surface area contributed by atoms with E-state index in [0.29, 0.717) is 55.3 Å². The molecule has 3 amide bonds. The molecule has 2 aromatic heterocycles. The number of anilines is 1. The molecule has 4 saturated heterocycles. The van der Waals surface area contributed by atoms with E-state index in [1.54, 1.807) is 23.5 Å². The maximum Gasteiger partial charge on any atom is 0.319 e. The first-order valence-corrected chi connectivity index (χ1v) is 29.5. The van der Waals surface area contributed by atoms with Crippen LogP contribution in [0.15, 0.2) is 72.2 Å². The van der Waals surface area contributed by atoms with Gasteiger partial charge in [0.05, 0.1) is 33.8 Å². The van der Waals surface area contributed by atoms with Crippen molar-refractivity contribution in [2.75, 3.05) is 103 Å². The first kappa shape index (κ1) is 57.2. The number of hydrogen-bond donors (Lipinski definition) is 5. The van der Waals surface area contributed by atoms with Crippen LogP contribution in [0.1, 0.15) is 58.2 Å². The van der Waals surface area contributed by atoms with Crippen LogP contribution in [0.25, 0.3) is 43.2 Å². The third kappa shape index (κ3) is 13.3. The van der Waals surface area contributed by atoms with E-state index in [-0.39, 0.29) is 71.2 Å². The number of piperidine rings is 1. The van der Waals surface area contributed by atoms with Crippen molar-refractivity contribution in [1.29, 1.82) is 0 Å². The maximum atomic E-state index is 17.1. The molecule has 0 spiro atoms. The summed E-state index contributed by atoms with van der Waals surface area (Å²) in [6.45, 7) is 19.9. The second-order valence-corrected chi connectivity index (χ2v) is 24.5. The number of aliphatic hydroxyl groups excluding tert-OH is 1. The Bertz CT molecular complexity index is 3170. The van der Waals surface area contributed by atoms with Gasteiger partial charge in [-0.2, -0.15) is 9.97 Å². The molecule has 0 aliphatic carbocycles. The molecule has 426 valence electrons. The number of phenolic OH excluding ortho intramolecular Hbond substituents is 1. The summed E-state index contributed by atoms with van der Waals surface area (Å²) in [5.41, 5.74) is 5.10. The molecule has 0 unspecified atom stereocenters. The lowest BCUT2D eigenvalue weighted by Crippen LogP contribution is -2.59. The number of thiazole rings is 1. The lowest BCUT2D eigenvalue weighted by Gasteiger charge is -2.39. The first-order chi connectivity index (χ1) is 38.4. The van der Waals surface area contributed by atoms with Crippen molar-refractivity contribution in [3.05, 3.63) is 94.3 Å². The molecule has 5 N–H and O–H groups in total. The van der Waals surface area contributed by atoms with Gasteiger partial charge in [-0.25, -0.2) is 9.37 Å². The fourth-order valence-corrected chi connectivity index (χ4v) is 13.0. The van der Waals surface area contributed by atoms with E-state index in [9.17, 15) is 24.6 Å². The van der Waals surface area contributed by atoms with E-state index < -0.39 is 29.4 Å². The molecule has 4 fully saturated rings. The Morgan fingerprint density at radius 2 is 1.65 bits per heavy atom. The molecule has 80 heavy (non-hydrogen) atoms. The summed E-state index contributed by atoms with van der Waals surface area (Å²) in [5.74, 6) is -0.444. The highest BCUT2D eigenvalue weighted by Gasteiger charge is 2.45. The standard InChI is InChI=1S/C60H75ClFN11O6S/c1-37(79-59-67-53-47(56(68-59)72-22-18-63-19-23-72)31-48(61)51(52(53)62)46-29-43(74)28-42-8-6-7-9-45(42)46)32-70-24-26-71(27-25-70)33-40-15-20-69(21-16-40)35-50(76)66-55(60(3,4)5)58(78)73-34-44(75)30-49(73)57(77)64-17-14-39-10-12-41(13-11-39)54-38(2)65-36-80-54/h6-13,28-29,31,36-37,40,44,49,55,63,74-75H,14-27,30,32-35H2,1-5H3,(H,64,77)(H,66,76)/t37-,44+,49+,55-/m1/s1. The van der Waals surface area contributed by atoms with Gasteiger partial charge in [0.25, 0.3) is 0 Å². The third-order valence-electron chi connectivity index (χ3n) is 16.2. The summed E-state index contributed by atoms with van der Waals surface area (Å²) in [6.07, 6.45) is 1.53. The lowest BCUT2D eigenvalue weighted by atomic mass is 9.85. The van der Waals surface area contributed by atoms with Gasteiger partial charge in [0, 0.05) is 95.9 Å². The number of benzene rings is 4. The highest BCUT2D eigenvalue weighted by molar-refractivity contribution is 7.13. The Balaban J connectivity index is 0.685. The Labute approximate surface area is 476 Å². The number of β-amino-alcohol motifs (C(OH)–C–C–N with tert-alkyl or cyclic N) is 1. The van der Waals surface area contributed by atoms with Crippen LogP contribution in [0.3, 0.4) is 0 Å². The van der Waals surface area contributed by atoms with Gasteiger partial charge >= 0.3 is 6.01 Å². The van der Waals surface area contributed by atoms with Crippen molar-refractivity contribution in [3.8, 4) is 33.3 Å². The van der Waals surface area contributed by atoms with E-state index in [1.807, 2.05) is 76.5 Å².